The predicted octanol–water partition coefficient (Wildman–Crippen LogP) is -0.317. The van der Waals surface area contributed by atoms with E-state index in [-0.39, 0.29) is 6.42 Å². The highest BCUT2D eigenvalue weighted by molar-refractivity contribution is 5.89. The maximum Gasteiger partial charge on any atom is 0.326 e. The van der Waals surface area contributed by atoms with E-state index in [9.17, 15) is 14.4 Å². The Labute approximate surface area is 115 Å². The summed E-state index contributed by atoms with van der Waals surface area (Å²) < 4.78 is 5.09. The second-order valence-corrected chi connectivity index (χ2v) is 4.12. The number of primary amides is 1. The zero-order chi connectivity index (χ0) is 15.1. The molecule has 7 nitrogen and oxygen atoms in total. The van der Waals surface area contributed by atoms with Crippen LogP contribution < -0.4 is 15.8 Å². The first-order chi connectivity index (χ1) is 9.43. The lowest BCUT2D eigenvalue weighted by molar-refractivity contribution is -0.143. The van der Waals surface area contributed by atoms with Gasteiger partial charge in [0.15, 0.2) is 0 Å². The molecular formula is C13H16N2O5. The molecule has 0 heterocycles. The van der Waals surface area contributed by atoms with Gasteiger partial charge in [-0.05, 0) is 6.07 Å². The lowest BCUT2D eigenvalue weighted by atomic mass is 10.1. The number of amides is 2. The van der Waals surface area contributed by atoms with Crippen molar-refractivity contribution in [1.82, 2.24) is 5.32 Å². The first-order valence-electron chi connectivity index (χ1n) is 5.86. The van der Waals surface area contributed by atoms with Crippen molar-refractivity contribution >= 4 is 17.8 Å². The van der Waals surface area contributed by atoms with E-state index >= 15 is 0 Å². The number of benzene rings is 1. The summed E-state index contributed by atoms with van der Waals surface area (Å²) in [5.74, 6) is -2.10. The topological polar surface area (TPSA) is 119 Å². The number of aliphatic carboxylic acids is 1. The number of rotatable bonds is 7. The van der Waals surface area contributed by atoms with Crippen LogP contribution in [0.2, 0.25) is 0 Å². The number of carboxylic acid groups (broad SMARTS) is 1. The summed E-state index contributed by atoms with van der Waals surface area (Å²) >= 11 is 0. The Kier molecular flexibility index (Phi) is 5.52. The Morgan fingerprint density at radius 3 is 2.55 bits per heavy atom. The van der Waals surface area contributed by atoms with Crippen molar-refractivity contribution in [2.45, 2.75) is 18.9 Å². The Morgan fingerprint density at radius 1 is 1.35 bits per heavy atom. The molecule has 0 aliphatic rings. The van der Waals surface area contributed by atoms with Crippen LogP contribution >= 0.6 is 0 Å². The molecule has 20 heavy (non-hydrogen) atoms. The molecule has 0 saturated carbocycles. The Hall–Kier alpha value is -2.57. The second kappa shape index (κ2) is 7.13. The Morgan fingerprint density at radius 2 is 2.00 bits per heavy atom. The fraction of sp³-hybridized carbons (Fsp3) is 0.308. The third kappa shape index (κ3) is 4.60. The van der Waals surface area contributed by atoms with Crippen molar-refractivity contribution in [3.8, 4) is 5.75 Å². The van der Waals surface area contributed by atoms with Crippen molar-refractivity contribution in [3.05, 3.63) is 29.8 Å². The van der Waals surface area contributed by atoms with Gasteiger partial charge in [-0.1, -0.05) is 18.2 Å². The molecule has 2 amide bonds. The van der Waals surface area contributed by atoms with Gasteiger partial charge in [-0.15, -0.1) is 0 Å². The van der Waals surface area contributed by atoms with Gasteiger partial charge >= 0.3 is 5.97 Å². The number of carboxylic acids is 1. The van der Waals surface area contributed by atoms with Gasteiger partial charge in [0.25, 0.3) is 0 Å². The smallest absolute Gasteiger partial charge is 0.326 e. The number of methoxy groups -OCH3 is 1. The number of nitrogens with one attached hydrogen (secondary N) is 1. The largest absolute Gasteiger partial charge is 0.496 e. The summed E-state index contributed by atoms with van der Waals surface area (Å²) in [6, 6.07) is 5.56. The van der Waals surface area contributed by atoms with Gasteiger partial charge in [0.1, 0.15) is 11.8 Å². The third-order valence-electron chi connectivity index (χ3n) is 2.58. The summed E-state index contributed by atoms with van der Waals surface area (Å²) in [7, 11) is 1.48. The quantitative estimate of drug-likeness (QED) is 0.632. The van der Waals surface area contributed by atoms with Crippen LogP contribution in [-0.2, 0) is 20.8 Å². The summed E-state index contributed by atoms with van der Waals surface area (Å²) in [5.41, 5.74) is 5.55. The molecule has 1 rings (SSSR count). The zero-order valence-corrected chi connectivity index (χ0v) is 11.0. The molecular weight excluding hydrogens is 264 g/mol. The molecule has 0 radical (unpaired) electrons. The lowest BCUT2D eigenvalue weighted by Gasteiger charge is -2.13. The first kappa shape index (κ1) is 15.5. The molecule has 1 aromatic carbocycles. The van der Waals surface area contributed by atoms with Crippen molar-refractivity contribution in [2.75, 3.05) is 7.11 Å². The summed E-state index contributed by atoms with van der Waals surface area (Å²) in [6.07, 6.45) is -0.500. The highest BCUT2D eigenvalue weighted by atomic mass is 16.5. The average Bonchev–Trinajstić information content (AvgIpc) is 2.37. The highest BCUT2D eigenvalue weighted by Crippen LogP contribution is 2.17. The van der Waals surface area contributed by atoms with E-state index in [1.807, 2.05) is 0 Å². The fourth-order valence-corrected chi connectivity index (χ4v) is 1.67. The summed E-state index contributed by atoms with van der Waals surface area (Å²) in [5, 5.41) is 11.1. The fourth-order valence-electron chi connectivity index (χ4n) is 1.67. The van der Waals surface area contributed by atoms with Crippen LogP contribution in [0.5, 0.6) is 5.75 Å². The maximum atomic E-state index is 11.8. The van der Waals surface area contributed by atoms with E-state index in [4.69, 9.17) is 15.6 Å². The highest BCUT2D eigenvalue weighted by Gasteiger charge is 2.22. The number of carbonyl (C=O) groups excluding carboxylic acids is 2. The van der Waals surface area contributed by atoms with Crippen LogP contribution in [0.25, 0.3) is 0 Å². The van der Waals surface area contributed by atoms with Gasteiger partial charge in [0.05, 0.1) is 20.0 Å². The van der Waals surface area contributed by atoms with Gasteiger partial charge in [0.2, 0.25) is 11.8 Å². The van der Waals surface area contributed by atoms with Gasteiger partial charge in [-0.3, -0.25) is 9.59 Å². The van der Waals surface area contributed by atoms with Crippen LogP contribution in [0.1, 0.15) is 12.0 Å². The average molecular weight is 280 g/mol. The lowest BCUT2D eigenvalue weighted by Crippen LogP contribution is -2.43. The molecule has 108 valence electrons. The van der Waals surface area contributed by atoms with Gasteiger partial charge < -0.3 is 20.9 Å². The van der Waals surface area contributed by atoms with Crippen LogP contribution in [0, 0.1) is 0 Å². The maximum absolute atomic E-state index is 11.8. The molecule has 0 saturated heterocycles. The zero-order valence-electron chi connectivity index (χ0n) is 11.0. The Balaban J connectivity index is 2.70. The molecule has 0 aliphatic heterocycles. The molecule has 1 atom stereocenters. The number of ether oxygens (including phenoxy) is 1. The molecule has 0 fully saturated rings. The molecule has 0 aromatic heterocycles. The first-order valence-corrected chi connectivity index (χ1v) is 5.86. The number of hydrogen-bond acceptors (Lipinski definition) is 4. The van der Waals surface area contributed by atoms with Gasteiger partial charge in [-0.2, -0.15) is 0 Å². The second-order valence-electron chi connectivity index (χ2n) is 4.12. The van der Waals surface area contributed by atoms with Crippen LogP contribution in [0.3, 0.4) is 0 Å². The van der Waals surface area contributed by atoms with Gasteiger partial charge in [0, 0.05) is 5.56 Å². The SMILES string of the molecule is COc1ccccc1CC(=O)N[C@@H](CC(N)=O)C(=O)O. The van der Waals surface area contributed by atoms with E-state index in [1.165, 1.54) is 7.11 Å². The number of carbonyl (C=O) groups is 3. The monoisotopic (exact) mass is 280 g/mol. The molecule has 0 unspecified atom stereocenters. The van der Waals surface area contributed by atoms with Crippen molar-refractivity contribution < 1.29 is 24.2 Å². The molecule has 0 aliphatic carbocycles. The molecule has 0 bridgehead atoms. The van der Waals surface area contributed by atoms with Crippen molar-refractivity contribution in [2.24, 2.45) is 5.73 Å². The molecule has 1 aromatic rings. The number of hydrogen-bond donors (Lipinski definition) is 3. The van der Waals surface area contributed by atoms with E-state index < -0.39 is 30.2 Å². The number of nitrogens with two attached hydrogens (primary N) is 1. The van der Waals surface area contributed by atoms with Crippen molar-refractivity contribution in [3.63, 3.8) is 0 Å². The predicted molar refractivity (Wildman–Crippen MR) is 70.1 cm³/mol. The van der Waals surface area contributed by atoms with Crippen molar-refractivity contribution in [1.29, 1.82) is 0 Å². The van der Waals surface area contributed by atoms with E-state index in [1.54, 1.807) is 24.3 Å². The molecule has 4 N–H and O–H groups in total. The van der Waals surface area contributed by atoms with Gasteiger partial charge in [-0.25, -0.2) is 4.79 Å². The minimum atomic E-state index is -1.32. The minimum absolute atomic E-state index is 0.0491. The third-order valence-corrected chi connectivity index (χ3v) is 2.58. The summed E-state index contributed by atoms with van der Waals surface area (Å²) in [6.45, 7) is 0. The standard InChI is InChI=1S/C13H16N2O5/c1-20-10-5-3-2-4-8(10)6-12(17)15-9(13(18)19)7-11(14)16/h2-5,9H,6-7H2,1H3,(H2,14,16)(H,15,17)(H,18,19)/t9-/m0/s1. The minimum Gasteiger partial charge on any atom is -0.496 e. The molecule has 7 heteroatoms. The van der Waals surface area contributed by atoms with E-state index in [0.717, 1.165) is 0 Å². The summed E-state index contributed by atoms with van der Waals surface area (Å²) in [4.78, 5) is 33.4. The van der Waals surface area contributed by atoms with E-state index in [0.29, 0.717) is 11.3 Å². The normalized spacial score (nSPS) is 11.4. The Bertz CT molecular complexity index is 515. The number of para-hydroxylation sites is 1. The van der Waals surface area contributed by atoms with Crippen LogP contribution in [-0.4, -0.2) is 36.0 Å². The van der Waals surface area contributed by atoms with E-state index in [2.05, 4.69) is 5.32 Å². The van der Waals surface area contributed by atoms with Crippen LogP contribution in [0.15, 0.2) is 24.3 Å². The van der Waals surface area contributed by atoms with Crippen LogP contribution in [0.4, 0.5) is 0 Å². The molecule has 0 spiro atoms.